The molecule has 7 heteroatoms. The van der Waals surface area contributed by atoms with Gasteiger partial charge < -0.3 is 4.89 Å². The van der Waals surface area contributed by atoms with E-state index >= 15 is 0 Å². The van der Waals surface area contributed by atoms with Crippen LogP contribution in [0.4, 0.5) is 0 Å². The fourth-order valence-electron chi connectivity index (χ4n) is 1.02. The third-order valence-corrected chi connectivity index (χ3v) is 4.74. The molecule has 0 aliphatic heterocycles. The van der Waals surface area contributed by atoms with Gasteiger partial charge in [0.05, 0.1) is 4.90 Å². The van der Waals surface area contributed by atoms with Gasteiger partial charge in [0.1, 0.15) is 0 Å². The van der Waals surface area contributed by atoms with E-state index in [0.29, 0.717) is 0 Å². The van der Waals surface area contributed by atoms with Crippen LogP contribution in [0.1, 0.15) is 13.8 Å². The first-order valence-corrected chi connectivity index (χ1v) is 7.15. The molecule has 0 heterocycles. The van der Waals surface area contributed by atoms with Gasteiger partial charge in [-0.15, -0.1) is 0 Å². The maximum atomic E-state index is 11.8. The second kappa shape index (κ2) is 4.59. The number of hydrogen-bond acceptors (Lipinski definition) is 4. The summed E-state index contributed by atoms with van der Waals surface area (Å²) in [6, 6.07) is 7.61. The third-order valence-electron chi connectivity index (χ3n) is 1.89. The minimum absolute atomic E-state index is 0.0416. The second-order valence-electron chi connectivity index (χ2n) is 3.73. The Bertz CT molecular complexity index is 483. The standard InChI is InChI=1S/C9H12NO4PS/c1-9(2,15(11)12)10-16(13,14)8-6-4-3-5-7-8/h3-7,10H,1-2H3. The van der Waals surface area contributed by atoms with Gasteiger partial charge in [-0.3, -0.25) is 0 Å². The molecule has 1 aromatic carbocycles. The SMILES string of the molecule is CC(C)(NS(=O)(=O)c1ccccc1)[P+](=O)[O-]. The topological polar surface area (TPSA) is 86.3 Å². The van der Waals surface area contributed by atoms with Crippen LogP contribution >= 0.6 is 8.03 Å². The summed E-state index contributed by atoms with van der Waals surface area (Å²) in [6.45, 7) is 2.58. The van der Waals surface area contributed by atoms with E-state index in [-0.39, 0.29) is 4.90 Å². The molecule has 0 bridgehead atoms. The highest BCUT2D eigenvalue weighted by molar-refractivity contribution is 7.89. The Morgan fingerprint density at radius 3 is 2.19 bits per heavy atom. The van der Waals surface area contributed by atoms with Crippen molar-refractivity contribution in [2.24, 2.45) is 0 Å². The van der Waals surface area contributed by atoms with Crippen molar-refractivity contribution in [3.8, 4) is 0 Å². The van der Waals surface area contributed by atoms with E-state index in [1.165, 1.54) is 26.0 Å². The Labute approximate surface area is 95.4 Å². The van der Waals surface area contributed by atoms with Crippen LogP contribution in [0.5, 0.6) is 0 Å². The lowest BCUT2D eigenvalue weighted by Gasteiger charge is -2.17. The monoisotopic (exact) mass is 261 g/mol. The van der Waals surface area contributed by atoms with Gasteiger partial charge in [0, 0.05) is 0 Å². The number of sulfonamides is 1. The normalized spacial score (nSPS) is 13.6. The van der Waals surface area contributed by atoms with Gasteiger partial charge in [0.25, 0.3) is 0 Å². The van der Waals surface area contributed by atoms with Crippen LogP contribution in [0.2, 0.25) is 0 Å². The molecule has 0 radical (unpaired) electrons. The molecule has 5 nitrogen and oxygen atoms in total. The average molecular weight is 261 g/mol. The summed E-state index contributed by atoms with van der Waals surface area (Å²) in [6.07, 6.45) is 0. The van der Waals surface area contributed by atoms with Gasteiger partial charge in [-0.2, -0.15) is 4.72 Å². The van der Waals surface area contributed by atoms with E-state index in [1.54, 1.807) is 18.2 Å². The van der Waals surface area contributed by atoms with Gasteiger partial charge in [-0.25, -0.2) is 8.42 Å². The van der Waals surface area contributed by atoms with Gasteiger partial charge in [0.15, 0.2) is 0 Å². The van der Waals surface area contributed by atoms with Gasteiger partial charge in [0.2, 0.25) is 15.3 Å². The van der Waals surface area contributed by atoms with E-state index < -0.39 is 23.3 Å². The van der Waals surface area contributed by atoms with E-state index in [1.807, 2.05) is 0 Å². The molecule has 16 heavy (non-hydrogen) atoms. The average Bonchev–Trinajstić information content (AvgIpc) is 2.17. The maximum Gasteiger partial charge on any atom is 0.331 e. The van der Waals surface area contributed by atoms with Crippen molar-refractivity contribution < 1.29 is 17.9 Å². The summed E-state index contributed by atoms with van der Waals surface area (Å²) in [7, 11) is -6.69. The molecule has 1 unspecified atom stereocenters. The minimum Gasteiger partial charge on any atom is -0.594 e. The van der Waals surface area contributed by atoms with E-state index in [9.17, 15) is 17.9 Å². The summed E-state index contributed by atoms with van der Waals surface area (Å²) >= 11 is 0. The Kier molecular flexibility index (Phi) is 3.80. The molecule has 0 saturated heterocycles. The van der Waals surface area contributed by atoms with Crippen LogP contribution in [0.3, 0.4) is 0 Å². The fraction of sp³-hybridized carbons (Fsp3) is 0.333. The molecule has 0 aliphatic rings. The lowest BCUT2D eigenvalue weighted by molar-refractivity contribution is -0.169. The predicted molar refractivity (Wildman–Crippen MR) is 58.4 cm³/mol. The van der Waals surface area contributed by atoms with E-state index in [0.717, 1.165) is 0 Å². The summed E-state index contributed by atoms with van der Waals surface area (Å²) in [5.41, 5.74) is 0. The zero-order valence-electron chi connectivity index (χ0n) is 8.88. The molecule has 0 aromatic heterocycles. The molecular formula is C9H12NO4PS. The van der Waals surface area contributed by atoms with Crippen molar-refractivity contribution in [1.82, 2.24) is 4.72 Å². The first-order chi connectivity index (χ1) is 7.26. The summed E-state index contributed by atoms with van der Waals surface area (Å²) in [5, 5.41) is -1.50. The molecule has 0 aliphatic carbocycles. The van der Waals surface area contributed by atoms with Crippen LogP contribution in [0, 0.1) is 0 Å². The van der Waals surface area contributed by atoms with E-state index in [2.05, 4.69) is 4.72 Å². The second-order valence-corrected chi connectivity index (χ2v) is 7.05. The minimum atomic E-state index is -3.80. The quantitative estimate of drug-likeness (QED) is 0.812. The molecule has 1 atom stereocenters. The van der Waals surface area contributed by atoms with Gasteiger partial charge in [-0.05, 0) is 26.0 Å². The number of benzene rings is 1. The van der Waals surface area contributed by atoms with Crippen LogP contribution in [-0.2, 0) is 14.6 Å². The Balaban J connectivity index is 3.03. The van der Waals surface area contributed by atoms with E-state index in [4.69, 9.17) is 0 Å². The Morgan fingerprint density at radius 1 is 1.25 bits per heavy atom. The van der Waals surface area contributed by atoms with Crippen molar-refractivity contribution in [3.63, 3.8) is 0 Å². The predicted octanol–water partition coefficient (Wildman–Crippen LogP) is 0.804. The lowest BCUT2D eigenvalue weighted by atomic mass is 10.4. The molecule has 1 rings (SSSR count). The third kappa shape index (κ3) is 3.09. The summed E-state index contributed by atoms with van der Waals surface area (Å²) in [4.78, 5) is 10.9. The highest BCUT2D eigenvalue weighted by Gasteiger charge is 2.37. The molecule has 0 amide bonds. The highest BCUT2D eigenvalue weighted by Crippen LogP contribution is 2.29. The van der Waals surface area contributed by atoms with Gasteiger partial charge >= 0.3 is 8.03 Å². The lowest BCUT2D eigenvalue weighted by Crippen LogP contribution is -2.42. The fourth-order valence-corrected chi connectivity index (χ4v) is 2.97. The van der Waals surface area contributed by atoms with Crippen LogP contribution in [0.15, 0.2) is 35.2 Å². The van der Waals surface area contributed by atoms with Crippen LogP contribution in [0.25, 0.3) is 0 Å². The molecule has 0 saturated carbocycles. The number of nitrogens with one attached hydrogen (secondary N) is 1. The largest absolute Gasteiger partial charge is 0.594 e. The molecule has 0 spiro atoms. The number of rotatable bonds is 4. The molecular weight excluding hydrogens is 249 g/mol. The summed E-state index contributed by atoms with van der Waals surface area (Å²) in [5.74, 6) is 0. The molecule has 88 valence electrons. The zero-order valence-corrected chi connectivity index (χ0v) is 10.6. The zero-order chi connectivity index (χ0) is 12.4. The Morgan fingerprint density at radius 2 is 1.75 bits per heavy atom. The van der Waals surface area contributed by atoms with Crippen molar-refractivity contribution in [2.75, 3.05) is 0 Å². The van der Waals surface area contributed by atoms with Gasteiger partial charge in [-0.1, -0.05) is 22.8 Å². The van der Waals surface area contributed by atoms with Crippen LogP contribution in [-0.4, -0.2) is 13.7 Å². The smallest absolute Gasteiger partial charge is 0.331 e. The first kappa shape index (κ1) is 13.3. The maximum absolute atomic E-state index is 11.8. The molecule has 0 fully saturated rings. The molecule has 1 N–H and O–H groups in total. The van der Waals surface area contributed by atoms with Crippen LogP contribution < -0.4 is 9.62 Å². The first-order valence-electron chi connectivity index (χ1n) is 4.49. The van der Waals surface area contributed by atoms with Crippen molar-refractivity contribution in [3.05, 3.63) is 30.3 Å². The summed E-state index contributed by atoms with van der Waals surface area (Å²) < 4.78 is 36.5. The number of hydrogen-bond donors (Lipinski definition) is 1. The highest BCUT2D eigenvalue weighted by atomic mass is 32.2. The van der Waals surface area contributed by atoms with Crippen molar-refractivity contribution in [2.45, 2.75) is 24.0 Å². The molecule has 1 aromatic rings. The van der Waals surface area contributed by atoms with Crippen molar-refractivity contribution >= 4 is 18.1 Å². The van der Waals surface area contributed by atoms with Crippen molar-refractivity contribution in [1.29, 1.82) is 0 Å². The Hall–Kier alpha value is -0.810.